The molecule has 1 aliphatic rings. The van der Waals surface area contributed by atoms with E-state index in [2.05, 4.69) is 4.72 Å². The fraction of sp³-hybridized carbons (Fsp3) is 0.350. The van der Waals surface area contributed by atoms with Crippen molar-refractivity contribution in [2.45, 2.75) is 28.5 Å². The second-order valence-electron chi connectivity index (χ2n) is 7.81. The zero-order chi connectivity index (χ0) is 26.9. The zero-order valence-electron chi connectivity index (χ0n) is 18.5. The molecule has 0 radical (unpaired) electrons. The van der Waals surface area contributed by atoms with Crippen molar-refractivity contribution >= 4 is 48.9 Å². The molecule has 16 heteroatoms. The third-order valence-corrected chi connectivity index (χ3v) is 8.81. The highest BCUT2D eigenvalue weighted by atomic mass is 35.5. The molecule has 1 atom stereocenters. The molecule has 36 heavy (non-hydrogen) atoms. The van der Waals surface area contributed by atoms with Crippen molar-refractivity contribution in [3.8, 4) is 0 Å². The Morgan fingerprint density at radius 2 is 1.58 bits per heavy atom. The summed E-state index contributed by atoms with van der Waals surface area (Å²) in [5.41, 5.74) is -4.03. The number of nitrogens with one attached hydrogen (secondary N) is 2. The average Bonchev–Trinajstić information content (AvgIpc) is 2.80. The number of carbonyl (C=O) groups excluding carboxylic acids is 1. The van der Waals surface area contributed by atoms with Gasteiger partial charge >= 0.3 is 6.18 Å². The Balaban J connectivity index is 1.75. The summed E-state index contributed by atoms with van der Waals surface area (Å²) in [6.07, 6.45) is -5.26. The molecule has 1 heterocycles. The Hall–Kier alpha value is -2.43. The van der Waals surface area contributed by atoms with E-state index < -0.39 is 47.6 Å². The van der Waals surface area contributed by atoms with Gasteiger partial charge in [0.15, 0.2) is 0 Å². The van der Waals surface area contributed by atoms with E-state index in [0.717, 1.165) is 18.2 Å². The third kappa shape index (κ3) is 5.92. The van der Waals surface area contributed by atoms with Crippen LogP contribution in [0.2, 0.25) is 5.02 Å². The number of halogens is 4. The molecule has 1 aliphatic heterocycles. The first-order chi connectivity index (χ1) is 16.6. The Morgan fingerprint density at radius 1 is 1.03 bits per heavy atom. The predicted octanol–water partition coefficient (Wildman–Crippen LogP) is 2.41. The van der Waals surface area contributed by atoms with Crippen molar-refractivity contribution in [1.82, 2.24) is 4.31 Å². The third-order valence-electron chi connectivity index (χ3n) is 5.21. The number of alkyl halides is 3. The lowest BCUT2D eigenvalue weighted by Gasteiger charge is -2.26. The van der Waals surface area contributed by atoms with Gasteiger partial charge in [0.1, 0.15) is 0 Å². The van der Waals surface area contributed by atoms with Gasteiger partial charge in [-0.2, -0.15) is 17.5 Å². The van der Waals surface area contributed by atoms with Crippen LogP contribution in [0.5, 0.6) is 0 Å². The molecule has 0 bridgehead atoms. The molecule has 1 fully saturated rings. The number of aliphatic hydroxyl groups is 1. The first-order valence-corrected chi connectivity index (χ1v) is 13.5. The van der Waals surface area contributed by atoms with E-state index in [0.29, 0.717) is 0 Å². The van der Waals surface area contributed by atoms with E-state index in [1.807, 2.05) is 5.32 Å². The Kier molecular flexibility index (Phi) is 7.93. The minimum Gasteiger partial charge on any atom is -0.379 e. The summed E-state index contributed by atoms with van der Waals surface area (Å²) in [7, 11) is -8.03. The largest absolute Gasteiger partial charge is 0.426 e. The number of benzene rings is 2. The molecule has 0 spiro atoms. The topological polar surface area (TPSA) is 142 Å². The standard InChI is InChI=1S/C20H21ClF3N3O7S2/c1-19(29,20(22,23)24)18(28)25-17-7-6-15(12-16(17)21)35(30,31)26-13-2-4-14(5-3-13)36(32,33)27-8-10-34-11-9-27/h2-7,12,26,29H,8-11H2,1H3,(H,25,28). The van der Waals surface area contributed by atoms with Gasteiger partial charge in [0, 0.05) is 18.8 Å². The van der Waals surface area contributed by atoms with E-state index in [1.165, 1.54) is 28.6 Å². The second-order valence-corrected chi connectivity index (χ2v) is 11.8. The van der Waals surface area contributed by atoms with Crippen LogP contribution in [0.4, 0.5) is 24.5 Å². The molecular formula is C20H21ClF3N3O7S2. The van der Waals surface area contributed by atoms with E-state index >= 15 is 0 Å². The lowest BCUT2D eigenvalue weighted by atomic mass is 10.1. The first kappa shape index (κ1) is 28.1. The number of ether oxygens (including phenoxy) is 1. The normalized spacial score (nSPS) is 17.3. The molecular weight excluding hydrogens is 551 g/mol. The lowest BCUT2D eigenvalue weighted by molar-refractivity contribution is -0.242. The molecule has 1 amide bonds. The number of morpholine rings is 1. The van der Waals surface area contributed by atoms with Gasteiger partial charge in [-0.25, -0.2) is 16.8 Å². The van der Waals surface area contributed by atoms with Crippen LogP contribution in [-0.2, 0) is 29.6 Å². The van der Waals surface area contributed by atoms with E-state index in [1.54, 1.807) is 0 Å². The highest BCUT2D eigenvalue weighted by Crippen LogP contribution is 2.33. The highest BCUT2D eigenvalue weighted by Gasteiger charge is 2.55. The molecule has 198 valence electrons. The van der Waals surface area contributed by atoms with Crippen LogP contribution in [0, 0.1) is 0 Å². The number of anilines is 2. The first-order valence-electron chi connectivity index (χ1n) is 10.2. The maximum absolute atomic E-state index is 12.8. The fourth-order valence-electron chi connectivity index (χ4n) is 2.98. The second kappa shape index (κ2) is 10.1. The summed E-state index contributed by atoms with van der Waals surface area (Å²) >= 11 is 5.94. The molecule has 3 rings (SSSR count). The average molecular weight is 572 g/mol. The number of nitrogens with zero attached hydrogens (tertiary/aromatic N) is 1. The van der Waals surface area contributed by atoms with Crippen LogP contribution in [-0.4, -0.2) is 70.2 Å². The molecule has 2 aromatic rings. The Morgan fingerprint density at radius 3 is 2.11 bits per heavy atom. The molecule has 2 aromatic carbocycles. The van der Waals surface area contributed by atoms with Gasteiger partial charge < -0.3 is 15.2 Å². The van der Waals surface area contributed by atoms with Crippen molar-refractivity contribution in [1.29, 1.82) is 0 Å². The number of hydrogen-bond donors (Lipinski definition) is 3. The lowest BCUT2D eigenvalue weighted by Crippen LogP contribution is -2.52. The smallest absolute Gasteiger partial charge is 0.379 e. The Bertz CT molecular complexity index is 1340. The number of hydrogen-bond acceptors (Lipinski definition) is 7. The van der Waals surface area contributed by atoms with Gasteiger partial charge in [0.2, 0.25) is 15.6 Å². The fourth-order valence-corrected chi connectivity index (χ4v) is 5.77. The van der Waals surface area contributed by atoms with Crippen molar-refractivity contribution in [2.75, 3.05) is 36.3 Å². The molecule has 0 aliphatic carbocycles. The number of rotatable bonds is 7. The summed E-state index contributed by atoms with van der Waals surface area (Å²) in [6.45, 7) is 1.19. The predicted molar refractivity (Wildman–Crippen MR) is 124 cm³/mol. The summed E-state index contributed by atoms with van der Waals surface area (Å²) in [6, 6.07) is 7.80. The molecule has 3 N–H and O–H groups in total. The van der Waals surface area contributed by atoms with Crippen LogP contribution in [0.3, 0.4) is 0 Å². The van der Waals surface area contributed by atoms with Crippen molar-refractivity contribution in [3.05, 3.63) is 47.5 Å². The zero-order valence-corrected chi connectivity index (χ0v) is 20.9. The van der Waals surface area contributed by atoms with Crippen LogP contribution in [0.15, 0.2) is 52.3 Å². The van der Waals surface area contributed by atoms with Crippen molar-refractivity contribution < 1.29 is 44.6 Å². The monoisotopic (exact) mass is 571 g/mol. The number of amides is 1. The summed E-state index contributed by atoms with van der Waals surface area (Å²) in [4.78, 5) is 11.4. The minimum absolute atomic E-state index is 0.0330. The van der Waals surface area contributed by atoms with Crippen LogP contribution in [0.25, 0.3) is 0 Å². The van der Waals surface area contributed by atoms with E-state index in [-0.39, 0.29) is 49.5 Å². The van der Waals surface area contributed by atoms with Gasteiger partial charge in [-0.1, -0.05) is 11.6 Å². The van der Waals surface area contributed by atoms with Crippen molar-refractivity contribution in [2.24, 2.45) is 0 Å². The van der Waals surface area contributed by atoms with Gasteiger partial charge in [0.25, 0.3) is 15.9 Å². The summed E-state index contributed by atoms with van der Waals surface area (Å²) in [5.74, 6) is -1.81. The maximum atomic E-state index is 12.8. The van der Waals surface area contributed by atoms with Crippen LogP contribution < -0.4 is 10.0 Å². The van der Waals surface area contributed by atoms with Crippen LogP contribution >= 0.6 is 11.6 Å². The number of sulfonamides is 2. The molecule has 0 aromatic heterocycles. The molecule has 1 saturated heterocycles. The molecule has 0 saturated carbocycles. The van der Waals surface area contributed by atoms with E-state index in [9.17, 15) is 39.9 Å². The molecule has 10 nitrogen and oxygen atoms in total. The summed E-state index contributed by atoms with van der Waals surface area (Å²) in [5, 5.41) is 10.8. The van der Waals surface area contributed by atoms with Crippen molar-refractivity contribution in [3.63, 3.8) is 0 Å². The van der Waals surface area contributed by atoms with Gasteiger partial charge in [-0.15, -0.1) is 0 Å². The maximum Gasteiger partial charge on any atom is 0.426 e. The number of carbonyl (C=O) groups is 1. The van der Waals surface area contributed by atoms with E-state index in [4.69, 9.17) is 16.3 Å². The van der Waals surface area contributed by atoms with Gasteiger partial charge in [0.05, 0.1) is 33.7 Å². The van der Waals surface area contributed by atoms with Gasteiger partial charge in [-0.05, 0) is 49.4 Å². The quantitative estimate of drug-likeness (QED) is 0.463. The SMILES string of the molecule is CC(O)(C(=O)Nc1ccc(S(=O)(=O)Nc2ccc(S(=O)(=O)N3CCOCC3)cc2)cc1Cl)C(F)(F)F. The highest BCUT2D eigenvalue weighted by molar-refractivity contribution is 7.92. The Labute approximate surface area is 210 Å². The minimum atomic E-state index is -5.26. The molecule has 1 unspecified atom stereocenters. The van der Waals surface area contributed by atoms with Gasteiger partial charge in [-0.3, -0.25) is 9.52 Å². The summed E-state index contributed by atoms with van der Waals surface area (Å²) < 4.78 is 97.9. The van der Waals surface area contributed by atoms with Crippen LogP contribution in [0.1, 0.15) is 6.92 Å².